The van der Waals surface area contributed by atoms with Gasteiger partial charge in [0.05, 0.1) is 6.10 Å². The zero-order chi connectivity index (χ0) is 21.3. The molecule has 0 spiro atoms. The van der Waals surface area contributed by atoms with E-state index in [0.717, 1.165) is 35.1 Å². The van der Waals surface area contributed by atoms with Crippen molar-refractivity contribution in [2.75, 3.05) is 6.54 Å². The second-order valence-corrected chi connectivity index (χ2v) is 7.70. The fraction of sp³-hybridized carbons (Fsp3) is 0.346. The van der Waals surface area contributed by atoms with E-state index in [4.69, 9.17) is 9.47 Å². The molecule has 1 amide bonds. The maximum absolute atomic E-state index is 12.6. The minimum absolute atomic E-state index is 0.0673. The normalized spacial score (nSPS) is 12.0. The summed E-state index contributed by atoms with van der Waals surface area (Å²) in [5.41, 5.74) is 1.21. The summed E-state index contributed by atoms with van der Waals surface area (Å²) < 4.78 is 11.8. The first kappa shape index (κ1) is 21.7. The van der Waals surface area contributed by atoms with Gasteiger partial charge in [-0.15, -0.1) is 0 Å². The molecule has 0 saturated carbocycles. The summed E-state index contributed by atoms with van der Waals surface area (Å²) in [6.07, 6.45) is 2.02. The second-order valence-electron chi connectivity index (χ2n) is 7.70. The Morgan fingerprint density at radius 2 is 1.73 bits per heavy atom. The number of hydrogen-bond acceptors (Lipinski definition) is 3. The van der Waals surface area contributed by atoms with E-state index in [1.165, 1.54) is 5.56 Å². The van der Waals surface area contributed by atoms with Crippen LogP contribution < -0.4 is 14.8 Å². The average Bonchev–Trinajstić information content (AvgIpc) is 2.74. The highest BCUT2D eigenvalue weighted by Crippen LogP contribution is 2.26. The van der Waals surface area contributed by atoms with Crippen LogP contribution in [0.15, 0.2) is 66.7 Å². The molecule has 3 aromatic rings. The lowest BCUT2D eigenvalue weighted by molar-refractivity contribution is -0.128. The van der Waals surface area contributed by atoms with Crippen molar-refractivity contribution in [1.29, 1.82) is 0 Å². The molecule has 4 nitrogen and oxygen atoms in total. The third-order valence-electron chi connectivity index (χ3n) is 4.89. The standard InChI is InChI=1S/C26H31NO3/c1-4-24(30-25-16-8-13-21-12-5-6-15-23(21)25)26(28)27-17-9-11-20-10-7-14-22(18-20)29-19(2)3/h5-8,10,12-16,18-19,24H,4,9,11,17H2,1-3H3,(H,27,28)/t24-/m0/s1. The minimum Gasteiger partial charge on any atom is -0.491 e. The summed E-state index contributed by atoms with van der Waals surface area (Å²) in [5.74, 6) is 1.57. The van der Waals surface area contributed by atoms with Crippen molar-refractivity contribution in [2.24, 2.45) is 0 Å². The van der Waals surface area contributed by atoms with Crippen LogP contribution in [-0.2, 0) is 11.2 Å². The zero-order valence-electron chi connectivity index (χ0n) is 18.1. The van der Waals surface area contributed by atoms with Crippen LogP contribution >= 0.6 is 0 Å². The van der Waals surface area contributed by atoms with Crippen molar-refractivity contribution >= 4 is 16.7 Å². The molecule has 0 aliphatic heterocycles. The van der Waals surface area contributed by atoms with Gasteiger partial charge in [-0.05, 0) is 62.3 Å². The predicted octanol–water partition coefficient (Wildman–Crippen LogP) is 5.53. The molecule has 0 fully saturated rings. The first-order valence-corrected chi connectivity index (χ1v) is 10.7. The third kappa shape index (κ3) is 5.99. The number of hydrogen-bond donors (Lipinski definition) is 1. The van der Waals surface area contributed by atoms with Gasteiger partial charge < -0.3 is 14.8 Å². The quantitative estimate of drug-likeness (QED) is 0.451. The van der Waals surface area contributed by atoms with E-state index in [0.29, 0.717) is 13.0 Å². The maximum atomic E-state index is 12.6. The average molecular weight is 406 g/mol. The van der Waals surface area contributed by atoms with E-state index in [1.807, 2.05) is 75.4 Å². The number of carbonyl (C=O) groups excluding carboxylic acids is 1. The first-order chi connectivity index (χ1) is 14.6. The van der Waals surface area contributed by atoms with Crippen molar-refractivity contribution in [3.8, 4) is 11.5 Å². The number of aryl methyl sites for hydroxylation is 1. The minimum atomic E-state index is -0.501. The van der Waals surface area contributed by atoms with Gasteiger partial charge in [0.1, 0.15) is 11.5 Å². The van der Waals surface area contributed by atoms with Crippen molar-refractivity contribution in [2.45, 2.75) is 52.2 Å². The highest BCUT2D eigenvalue weighted by Gasteiger charge is 2.18. The summed E-state index contributed by atoms with van der Waals surface area (Å²) in [6, 6.07) is 22.1. The molecule has 0 aliphatic rings. The molecule has 4 heteroatoms. The molecule has 0 saturated heterocycles. The van der Waals surface area contributed by atoms with Crippen LogP contribution in [0, 0.1) is 0 Å². The number of fused-ring (bicyclic) bond motifs is 1. The van der Waals surface area contributed by atoms with Crippen LogP contribution in [0.5, 0.6) is 11.5 Å². The number of ether oxygens (including phenoxy) is 2. The van der Waals surface area contributed by atoms with Gasteiger partial charge in [-0.25, -0.2) is 0 Å². The van der Waals surface area contributed by atoms with E-state index in [2.05, 4.69) is 17.4 Å². The van der Waals surface area contributed by atoms with Gasteiger partial charge in [0, 0.05) is 11.9 Å². The lowest BCUT2D eigenvalue weighted by Crippen LogP contribution is -2.38. The molecule has 1 N–H and O–H groups in total. The van der Waals surface area contributed by atoms with Crippen LogP contribution in [0.1, 0.15) is 39.2 Å². The van der Waals surface area contributed by atoms with E-state index >= 15 is 0 Å². The van der Waals surface area contributed by atoms with Gasteiger partial charge >= 0.3 is 0 Å². The summed E-state index contributed by atoms with van der Waals surface area (Å²) in [5, 5.41) is 5.15. The molecule has 3 rings (SSSR count). The van der Waals surface area contributed by atoms with Crippen molar-refractivity contribution < 1.29 is 14.3 Å². The Morgan fingerprint density at radius 1 is 0.967 bits per heavy atom. The SMILES string of the molecule is CC[C@H](Oc1cccc2ccccc12)C(=O)NCCCc1cccc(OC(C)C)c1. The molecule has 30 heavy (non-hydrogen) atoms. The monoisotopic (exact) mass is 405 g/mol. The molecule has 0 heterocycles. The molecular formula is C26H31NO3. The second kappa shape index (κ2) is 10.7. The van der Waals surface area contributed by atoms with Gasteiger partial charge in [-0.3, -0.25) is 4.79 Å². The molecule has 158 valence electrons. The fourth-order valence-corrected chi connectivity index (χ4v) is 3.44. The Balaban J connectivity index is 1.51. The van der Waals surface area contributed by atoms with Crippen molar-refractivity contribution in [3.63, 3.8) is 0 Å². The van der Waals surface area contributed by atoms with Gasteiger partial charge in [-0.1, -0.05) is 55.5 Å². The van der Waals surface area contributed by atoms with Crippen LogP contribution in [0.2, 0.25) is 0 Å². The molecular weight excluding hydrogens is 374 g/mol. The van der Waals surface area contributed by atoms with Crippen LogP contribution in [0.25, 0.3) is 10.8 Å². The first-order valence-electron chi connectivity index (χ1n) is 10.7. The van der Waals surface area contributed by atoms with Crippen LogP contribution in [-0.4, -0.2) is 24.7 Å². The Bertz CT molecular complexity index is 962. The number of benzene rings is 3. The summed E-state index contributed by atoms with van der Waals surface area (Å²) in [4.78, 5) is 12.6. The molecule has 0 bridgehead atoms. The highest BCUT2D eigenvalue weighted by molar-refractivity contribution is 5.89. The summed E-state index contributed by atoms with van der Waals surface area (Å²) >= 11 is 0. The number of nitrogens with one attached hydrogen (secondary N) is 1. The smallest absolute Gasteiger partial charge is 0.261 e. The predicted molar refractivity (Wildman–Crippen MR) is 122 cm³/mol. The summed E-state index contributed by atoms with van der Waals surface area (Å²) in [7, 11) is 0. The Labute approximate surface area is 179 Å². The molecule has 0 unspecified atom stereocenters. The maximum Gasteiger partial charge on any atom is 0.261 e. The van der Waals surface area contributed by atoms with Gasteiger partial charge in [-0.2, -0.15) is 0 Å². The van der Waals surface area contributed by atoms with Crippen LogP contribution in [0.3, 0.4) is 0 Å². The molecule has 0 aliphatic carbocycles. The lowest BCUT2D eigenvalue weighted by Gasteiger charge is -2.18. The Kier molecular flexibility index (Phi) is 7.72. The van der Waals surface area contributed by atoms with E-state index < -0.39 is 6.10 Å². The molecule has 0 aromatic heterocycles. The van der Waals surface area contributed by atoms with Crippen LogP contribution in [0.4, 0.5) is 0 Å². The Morgan fingerprint density at radius 3 is 2.53 bits per heavy atom. The molecule has 0 radical (unpaired) electrons. The largest absolute Gasteiger partial charge is 0.491 e. The number of carbonyl (C=O) groups is 1. The van der Waals surface area contributed by atoms with Crippen molar-refractivity contribution in [1.82, 2.24) is 5.32 Å². The topological polar surface area (TPSA) is 47.6 Å². The van der Waals surface area contributed by atoms with Gasteiger partial charge in [0.2, 0.25) is 0 Å². The van der Waals surface area contributed by atoms with E-state index in [-0.39, 0.29) is 12.0 Å². The number of amides is 1. The third-order valence-corrected chi connectivity index (χ3v) is 4.89. The van der Waals surface area contributed by atoms with Crippen molar-refractivity contribution in [3.05, 3.63) is 72.3 Å². The highest BCUT2D eigenvalue weighted by atomic mass is 16.5. The number of rotatable bonds is 10. The Hall–Kier alpha value is -3.01. The molecule has 3 aromatic carbocycles. The fourth-order valence-electron chi connectivity index (χ4n) is 3.44. The molecule has 1 atom stereocenters. The summed E-state index contributed by atoms with van der Waals surface area (Å²) in [6.45, 7) is 6.62. The van der Waals surface area contributed by atoms with E-state index in [1.54, 1.807) is 0 Å². The van der Waals surface area contributed by atoms with Gasteiger partial charge in [0.25, 0.3) is 5.91 Å². The zero-order valence-corrected chi connectivity index (χ0v) is 18.1. The van der Waals surface area contributed by atoms with Gasteiger partial charge in [0.15, 0.2) is 6.10 Å². The van der Waals surface area contributed by atoms with E-state index in [9.17, 15) is 4.79 Å². The lowest BCUT2D eigenvalue weighted by atomic mass is 10.1.